The molecule has 1 aromatic rings. The minimum atomic E-state index is -0.412. The zero-order valence-corrected chi connectivity index (χ0v) is 14.8. The minimum absolute atomic E-state index is 0.289. The zero-order valence-electron chi connectivity index (χ0n) is 14.0. The van der Waals surface area contributed by atoms with Crippen LogP contribution in [0, 0.1) is 0 Å². The number of ether oxygens (including phenoxy) is 1. The monoisotopic (exact) mass is 351 g/mol. The molecule has 2 N–H and O–H groups in total. The van der Waals surface area contributed by atoms with Gasteiger partial charge in [-0.25, -0.2) is 9.59 Å². The summed E-state index contributed by atoms with van der Waals surface area (Å²) in [7, 11) is 1.94. The highest BCUT2D eigenvalue weighted by Crippen LogP contribution is 2.39. The van der Waals surface area contributed by atoms with Gasteiger partial charge < -0.3 is 19.9 Å². The number of carbonyl (C=O) groups is 2. The first-order valence-corrected chi connectivity index (χ1v) is 8.99. The van der Waals surface area contributed by atoms with E-state index in [2.05, 4.69) is 20.8 Å². The zero-order chi connectivity index (χ0) is 17.3. The molecule has 0 radical (unpaired) electrons. The van der Waals surface area contributed by atoms with Gasteiger partial charge in [-0.15, -0.1) is 10.2 Å². The number of amides is 2. The minimum Gasteiger partial charge on any atom is -0.463 e. The Kier molecular flexibility index (Phi) is 4.79. The smallest absolute Gasteiger partial charge is 0.337 e. The number of nitrogens with one attached hydrogen (secondary N) is 2. The number of hydrogen-bond acceptors (Lipinski definition) is 6. The average Bonchev–Trinajstić information content (AvgIpc) is 3.29. The Hall–Kier alpha value is -2.03. The largest absolute Gasteiger partial charge is 0.463 e. The topological polar surface area (TPSA) is 98.1 Å². The number of nitrogens with zero attached hydrogens (tertiary/aromatic N) is 3. The molecule has 0 aromatic carbocycles. The second-order valence-corrected chi connectivity index (χ2v) is 6.84. The van der Waals surface area contributed by atoms with Crippen molar-refractivity contribution in [3.05, 3.63) is 17.1 Å². The number of esters is 1. The van der Waals surface area contributed by atoms with Gasteiger partial charge in [-0.2, -0.15) is 0 Å². The summed E-state index contributed by atoms with van der Waals surface area (Å²) in [4.78, 5) is 23.9. The summed E-state index contributed by atoms with van der Waals surface area (Å²) < 4.78 is 7.09. The van der Waals surface area contributed by atoms with Crippen molar-refractivity contribution in [1.29, 1.82) is 0 Å². The Morgan fingerprint density at radius 3 is 2.83 bits per heavy atom. The summed E-state index contributed by atoms with van der Waals surface area (Å²) in [5, 5.41) is 14.6. The van der Waals surface area contributed by atoms with Crippen LogP contribution in [-0.4, -0.2) is 45.2 Å². The van der Waals surface area contributed by atoms with Crippen molar-refractivity contribution in [2.75, 3.05) is 12.4 Å². The normalized spacial score (nSPS) is 20.6. The third-order valence-corrected chi connectivity index (χ3v) is 5.07. The number of hydrogen-bond donors (Lipinski definition) is 2. The van der Waals surface area contributed by atoms with E-state index >= 15 is 0 Å². The van der Waals surface area contributed by atoms with Gasteiger partial charge in [-0.05, 0) is 26.7 Å². The molecule has 2 amide bonds. The fourth-order valence-electron chi connectivity index (χ4n) is 2.68. The van der Waals surface area contributed by atoms with E-state index in [0.717, 1.165) is 23.8 Å². The molecular formula is C15H21N5O3S. The van der Waals surface area contributed by atoms with Gasteiger partial charge in [0.25, 0.3) is 0 Å². The fourth-order valence-corrected chi connectivity index (χ4v) is 3.57. The van der Waals surface area contributed by atoms with Gasteiger partial charge in [0.05, 0.1) is 18.2 Å². The Bertz CT molecular complexity index is 695. The van der Waals surface area contributed by atoms with E-state index in [9.17, 15) is 9.59 Å². The van der Waals surface area contributed by atoms with Crippen molar-refractivity contribution >= 4 is 23.8 Å². The molecule has 3 rings (SSSR count). The summed E-state index contributed by atoms with van der Waals surface area (Å²) in [5.74, 6) is 1.53. The van der Waals surface area contributed by atoms with Crippen molar-refractivity contribution in [2.24, 2.45) is 7.05 Å². The van der Waals surface area contributed by atoms with Gasteiger partial charge >= 0.3 is 12.0 Å². The summed E-state index contributed by atoms with van der Waals surface area (Å²) in [6.45, 7) is 3.81. The highest BCUT2D eigenvalue weighted by Gasteiger charge is 2.31. The van der Waals surface area contributed by atoms with Gasteiger partial charge in [-0.3, -0.25) is 0 Å². The molecule has 1 aromatic heterocycles. The first-order chi connectivity index (χ1) is 11.5. The molecule has 2 aliphatic rings. The number of thioether (sulfide) groups is 1. The quantitative estimate of drug-likeness (QED) is 0.592. The van der Waals surface area contributed by atoms with E-state index in [1.165, 1.54) is 11.8 Å². The van der Waals surface area contributed by atoms with Crippen LogP contribution >= 0.6 is 11.8 Å². The third-order valence-electron chi connectivity index (χ3n) is 4.02. The lowest BCUT2D eigenvalue weighted by atomic mass is 10.1. The summed E-state index contributed by atoms with van der Waals surface area (Å²) in [5.41, 5.74) is 1.01. The molecule has 1 saturated carbocycles. The highest BCUT2D eigenvalue weighted by molar-refractivity contribution is 7.99. The molecule has 1 aliphatic carbocycles. The predicted octanol–water partition coefficient (Wildman–Crippen LogP) is 1.30. The second kappa shape index (κ2) is 6.84. The van der Waals surface area contributed by atoms with E-state index < -0.39 is 12.0 Å². The summed E-state index contributed by atoms with van der Waals surface area (Å²) >= 11 is 1.44. The maximum Gasteiger partial charge on any atom is 0.337 e. The summed E-state index contributed by atoms with van der Waals surface area (Å²) in [6, 6.07) is -0.710. The van der Waals surface area contributed by atoms with E-state index in [0.29, 0.717) is 22.9 Å². The fraction of sp³-hybridized carbons (Fsp3) is 0.600. The van der Waals surface area contributed by atoms with Crippen molar-refractivity contribution < 1.29 is 14.3 Å². The number of aromatic nitrogens is 3. The van der Waals surface area contributed by atoms with Crippen molar-refractivity contribution in [2.45, 2.75) is 43.8 Å². The molecule has 0 spiro atoms. The Labute approximate surface area is 144 Å². The van der Waals surface area contributed by atoms with Crippen LogP contribution in [0.4, 0.5) is 4.79 Å². The molecule has 0 saturated heterocycles. The average molecular weight is 351 g/mol. The van der Waals surface area contributed by atoms with E-state index in [1.54, 1.807) is 13.8 Å². The molecule has 1 atom stereocenters. The molecule has 1 unspecified atom stereocenters. The first kappa shape index (κ1) is 16.8. The standard InChI is InChI=1S/C15H21N5O3S/c1-4-23-13(21)11-8(2)16-14(22)17-10(11)7-24-15-19-18-12(20(15)3)9-5-6-9/h8-9H,4-7H2,1-3H3,(H2,16,17,22). The van der Waals surface area contributed by atoms with Gasteiger partial charge in [0, 0.05) is 24.4 Å². The van der Waals surface area contributed by atoms with Crippen LogP contribution in [0.3, 0.4) is 0 Å². The first-order valence-electron chi connectivity index (χ1n) is 8.01. The number of carbonyl (C=O) groups excluding carboxylic acids is 2. The van der Waals surface area contributed by atoms with Gasteiger partial charge in [0.1, 0.15) is 5.82 Å². The number of urea groups is 1. The van der Waals surface area contributed by atoms with E-state index in [-0.39, 0.29) is 12.6 Å². The molecule has 9 heteroatoms. The van der Waals surface area contributed by atoms with Gasteiger partial charge in [-0.1, -0.05) is 11.8 Å². The van der Waals surface area contributed by atoms with Crippen molar-refractivity contribution in [1.82, 2.24) is 25.4 Å². The molecular weight excluding hydrogens is 330 g/mol. The Morgan fingerprint density at radius 1 is 1.42 bits per heavy atom. The lowest BCUT2D eigenvalue weighted by molar-refractivity contribution is -0.138. The molecule has 2 heterocycles. The third kappa shape index (κ3) is 3.40. The van der Waals surface area contributed by atoms with E-state index in [4.69, 9.17) is 4.74 Å². The van der Waals surface area contributed by atoms with Crippen LogP contribution < -0.4 is 10.6 Å². The molecule has 8 nitrogen and oxygen atoms in total. The Balaban J connectivity index is 1.78. The number of rotatable bonds is 6. The van der Waals surface area contributed by atoms with Crippen LogP contribution in [0.2, 0.25) is 0 Å². The lowest BCUT2D eigenvalue weighted by Crippen LogP contribution is -2.49. The van der Waals surface area contributed by atoms with Crippen LogP contribution in [0.15, 0.2) is 16.4 Å². The highest BCUT2D eigenvalue weighted by atomic mass is 32.2. The molecule has 1 aliphatic heterocycles. The van der Waals surface area contributed by atoms with Gasteiger partial charge in [0.15, 0.2) is 5.16 Å². The van der Waals surface area contributed by atoms with Crippen LogP contribution in [0.1, 0.15) is 38.4 Å². The molecule has 130 valence electrons. The predicted molar refractivity (Wildman–Crippen MR) is 88.5 cm³/mol. The van der Waals surface area contributed by atoms with Gasteiger partial charge in [0.2, 0.25) is 0 Å². The second-order valence-electron chi connectivity index (χ2n) is 5.90. The Morgan fingerprint density at radius 2 is 2.17 bits per heavy atom. The van der Waals surface area contributed by atoms with Crippen LogP contribution in [0.5, 0.6) is 0 Å². The molecule has 0 bridgehead atoms. The maximum atomic E-state index is 12.2. The van der Waals surface area contributed by atoms with E-state index in [1.807, 2.05) is 11.6 Å². The van der Waals surface area contributed by atoms with Crippen LogP contribution in [0.25, 0.3) is 0 Å². The molecule has 1 fully saturated rings. The maximum absolute atomic E-state index is 12.2. The van der Waals surface area contributed by atoms with Crippen LogP contribution in [-0.2, 0) is 16.6 Å². The summed E-state index contributed by atoms with van der Waals surface area (Å²) in [6.07, 6.45) is 2.32. The van der Waals surface area contributed by atoms with Crippen molar-refractivity contribution in [3.63, 3.8) is 0 Å². The SMILES string of the molecule is CCOC(=O)C1=C(CSc2nnc(C3CC3)n2C)NC(=O)NC1C. The molecule has 24 heavy (non-hydrogen) atoms. The van der Waals surface area contributed by atoms with Crippen molar-refractivity contribution in [3.8, 4) is 0 Å². The lowest BCUT2D eigenvalue weighted by Gasteiger charge is -2.26.